The van der Waals surface area contributed by atoms with Crippen LogP contribution in [0.15, 0.2) is 41.8 Å². The van der Waals surface area contributed by atoms with Gasteiger partial charge in [0.2, 0.25) is 0 Å². The van der Waals surface area contributed by atoms with Crippen molar-refractivity contribution in [1.82, 2.24) is 4.90 Å². The summed E-state index contributed by atoms with van der Waals surface area (Å²) in [4.78, 5) is 4.03. The van der Waals surface area contributed by atoms with Crippen molar-refractivity contribution < 1.29 is 0 Å². The maximum absolute atomic E-state index is 3.81. The average molecular weight is 288 g/mol. The quantitative estimate of drug-likeness (QED) is 0.651. The Hall–Kier alpha value is -0.930. The van der Waals surface area contributed by atoms with Crippen LogP contribution in [-0.2, 0) is 0 Å². The zero-order chi connectivity index (χ0) is 13.8. The fourth-order valence-electron chi connectivity index (χ4n) is 3.44. The first-order chi connectivity index (χ1) is 9.86. The summed E-state index contributed by atoms with van der Waals surface area (Å²) in [5, 5.41) is 3.79. The Morgan fingerprint density at radius 3 is 3.10 bits per heavy atom. The van der Waals surface area contributed by atoms with E-state index in [-0.39, 0.29) is 0 Å². The van der Waals surface area contributed by atoms with Crippen molar-refractivity contribution in [2.75, 3.05) is 24.2 Å². The summed E-state index contributed by atoms with van der Waals surface area (Å²) in [6, 6.07) is 10.1. The molecule has 108 valence electrons. The van der Waals surface area contributed by atoms with Gasteiger partial charge < -0.3 is 10.2 Å². The zero-order valence-corrected chi connectivity index (χ0v) is 12.9. The molecule has 2 atom stereocenters. The number of anilines is 1. The maximum Gasteiger partial charge on any atom is 0.0480 e. The van der Waals surface area contributed by atoms with Crippen LogP contribution in [0, 0.1) is 0 Å². The summed E-state index contributed by atoms with van der Waals surface area (Å²) in [6.07, 6.45) is 7.34. The van der Waals surface area contributed by atoms with E-state index in [9.17, 15) is 0 Å². The minimum Gasteiger partial charge on any atom is -0.381 e. The van der Waals surface area contributed by atoms with E-state index in [4.69, 9.17) is 0 Å². The molecule has 0 radical (unpaired) electrons. The highest BCUT2D eigenvalue weighted by atomic mass is 32.2. The molecule has 2 aliphatic heterocycles. The summed E-state index contributed by atoms with van der Waals surface area (Å²) in [7, 11) is 0. The largest absolute Gasteiger partial charge is 0.381 e. The molecule has 2 nitrogen and oxygen atoms in total. The molecule has 20 heavy (non-hydrogen) atoms. The molecule has 0 amide bonds. The third kappa shape index (κ3) is 3.21. The number of para-hydroxylation sites is 1. The number of nitrogens with one attached hydrogen (secondary N) is 1. The number of piperidine rings is 1. The number of thioether (sulfide) groups is 1. The number of fused-ring (bicyclic) bond motifs is 1. The third-order valence-corrected chi connectivity index (χ3v) is 5.49. The van der Waals surface area contributed by atoms with Gasteiger partial charge in [0.25, 0.3) is 0 Å². The van der Waals surface area contributed by atoms with Gasteiger partial charge in [-0.2, -0.15) is 0 Å². The first-order valence-electron chi connectivity index (χ1n) is 7.70. The van der Waals surface area contributed by atoms with Gasteiger partial charge in [0.05, 0.1) is 0 Å². The molecular weight excluding hydrogens is 264 g/mol. The molecule has 2 aliphatic rings. The van der Waals surface area contributed by atoms with Gasteiger partial charge in [-0.1, -0.05) is 18.2 Å². The minimum absolute atomic E-state index is 0.639. The smallest absolute Gasteiger partial charge is 0.0480 e. The Balaban J connectivity index is 1.63. The zero-order valence-electron chi connectivity index (χ0n) is 12.1. The van der Waals surface area contributed by atoms with Gasteiger partial charge >= 0.3 is 0 Å². The number of nitrogens with zero attached hydrogens (tertiary/aromatic N) is 1. The van der Waals surface area contributed by atoms with E-state index in [0.717, 1.165) is 11.8 Å². The highest BCUT2D eigenvalue weighted by Gasteiger charge is 2.31. The second kappa shape index (κ2) is 6.68. The van der Waals surface area contributed by atoms with Crippen molar-refractivity contribution in [3.63, 3.8) is 0 Å². The van der Waals surface area contributed by atoms with Crippen LogP contribution >= 0.6 is 11.8 Å². The van der Waals surface area contributed by atoms with E-state index in [0.29, 0.717) is 6.04 Å². The topological polar surface area (TPSA) is 15.3 Å². The second-order valence-corrected chi connectivity index (χ2v) is 6.86. The molecule has 0 spiro atoms. The van der Waals surface area contributed by atoms with E-state index in [1.54, 1.807) is 0 Å². The van der Waals surface area contributed by atoms with Crippen molar-refractivity contribution in [2.24, 2.45) is 0 Å². The van der Waals surface area contributed by atoms with Crippen LogP contribution in [0.25, 0.3) is 0 Å². The summed E-state index contributed by atoms with van der Waals surface area (Å²) in [6.45, 7) is 6.40. The molecule has 3 heteroatoms. The SMILES string of the molecule is C=CCSc1ccccc1NC1CCN2CCCC2C1. The van der Waals surface area contributed by atoms with Gasteiger partial charge in [-0.3, -0.25) is 0 Å². The molecule has 0 aromatic heterocycles. The molecule has 2 saturated heterocycles. The van der Waals surface area contributed by atoms with Crippen LogP contribution < -0.4 is 5.32 Å². The molecule has 0 saturated carbocycles. The van der Waals surface area contributed by atoms with Crippen LogP contribution in [-0.4, -0.2) is 35.8 Å². The van der Waals surface area contributed by atoms with Gasteiger partial charge in [-0.05, 0) is 44.4 Å². The Labute approximate surface area is 126 Å². The Bertz CT molecular complexity index is 460. The fraction of sp³-hybridized carbons (Fsp3) is 0.529. The van der Waals surface area contributed by atoms with Crippen molar-refractivity contribution in [2.45, 2.75) is 42.7 Å². The number of hydrogen-bond donors (Lipinski definition) is 1. The normalized spacial score (nSPS) is 26.2. The lowest BCUT2D eigenvalue weighted by Gasteiger charge is -2.35. The van der Waals surface area contributed by atoms with Crippen LogP contribution in [0.1, 0.15) is 25.7 Å². The third-order valence-electron chi connectivity index (χ3n) is 4.42. The summed E-state index contributed by atoms with van der Waals surface area (Å²) in [5.74, 6) is 0.972. The van der Waals surface area contributed by atoms with Crippen LogP contribution in [0.2, 0.25) is 0 Å². The van der Waals surface area contributed by atoms with Crippen molar-refractivity contribution >= 4 is 17.4 Å². The molecule has 0 bridgehead atoms. The van der Waals surface area contributed by atoms with E-state index in [1.807, 2.05) is 17.8 Å². The van der Waals surface area contributed by atoms with Gasteiger partial charge in [-0.15, -0.1) is 18.3 Å². The maximum atomic E-state index is 3.81. The predicted molar refractivity (Wildman–Crippen MR) is 88.6 cm³/mol. The molecule has 2 unspecified atom stereocenters. The van der Waals surface area contributed by atoms with Crippen molar-refractivity contribution in [3.8, 4) is 0 Å². The summed E-state index contributed by atoms with van der Waals surface area (Å²) >= 11 is 1.86. The van der Waals surface area contributed by atoms with Crippen molar-refractivity contribution in [1.29, 1.82) is 0 Å². The van der Waals surface area contributed by atoms with Gasteiger partial charge in [0.1, 0.15) is 0 Å². The van der Waals surface area contributed by atoms with Gasteiger partial charge in [0.15, 0.2) is 0 Å². The lowest BCUT2D eigenvalue weighted by atomic mass is 9.97. The van der Waals surface area contributed by atoms with Crippen LogP contribution in [0.4, 0.5) is 5.69 Å². The van der Waals surface area contributed by atoms with Crippen LogP contribution in [0.5, 0.6) is 0 Å². The molecule has 1 aromatic rings. The monoisotopic (exact) mass is 288 g/mol. The van der Waals surface area contributed by atoms with E-state index in [1.165, 1.54) is 49.4 Å². The molecule has 2 heterocycles. The van der Waals surface area contributed by atoms with Gasteiger partial charge in [-0.25, -0.2) is 0 Å². The molecular formula is C17H24N2S. The average Bonchev–Trinajstić information content (AvgIpc) is 2.94. The summed E-state index contributed by atoms with van der Waals surface area (Å²) in [5.41, 5.74) is 1.30. The number of benzene rings is 1. The highest BCUT2D eigenvalue weighted by molar-refractivity contribution is 7.99. The lowest BCUT2D eigenvalue weighted by Crippen LogP contribution is -2.42. The van der Waals surface area contributed by atoms with E-state index >= 15 is 0 Å². The van der Waals surface area contributed by atoms with E-state index < -0.39 is 0 Å². The molecule has 0 aliphatic carbocycles. The van der Waals surface area contributed by atoms with Gasteiger partial charge in [0, 0.05) is 35.0 Å². The Morgan fingerprint density at radius 2 is 2.20 bits per heavy atom. The standard InChI is InChI=1S/C17H24N2S/c1-2-12-20-17-8-4-3-7-16(17)18-14-9-11-19-10-5-6-15(19)13-14/h2-4,7-8,14-15,18H,1,5-6,9-13H2. The number of rotatable bonds is 5. The lowest BCUT2D eigenvalue weighted by molar-refractivity contribution is 0.188. The Morgan fingerprint density at radius 1 is 1.30 bits per heavy atom. The molecule has 1 aromatic carbocycles. The number of hydrogen-bond acceptors (Lipinski definition) is 3. The molecule has 2 fully saturated rings. The fourth-order valence-corrected chi connectivity index (χ4v) is 4.19. The first kappa shape index (κ1) is 14.0. The highest BCUT2D eigenvalue weighted by Crippen LogP contribution is 2.32. The molecule has 3 rings (SSSR count). The minimum atomic E-state index is 0.639. The first-order valence-corrected chi connectivity index (χ1v) is 8.68. The predicted octanol–water partition coefficient (Wildman–Crippen LogP) is 4.00. The summed E-state index contributed by atoms with van der Waals surface area (Å²) < 4.78 is 0. The van der Waals surface area contributed by atoms with E-state index in [2.05, 4.69) is 41.1 Å². The second-order valence-electron chi connectivity index (χ2n) is 5.79. The van der Waals surface area contributed by atoms with Crippen molar-refractivity contribution in [3.05, 3.63) is 36.9 Å². The van der Waals surface area contributed by atoms with Crippen LogP contribution in [0.3, 0.4) is 0 Å². The Kier molecular flexibility index (Phi) is 4.69. The molecule has 1 N–H and O–H groups in total.